The van der Waals surface area contributed by atoms with E-state index < -0.39 is 16.0 Å². The zero-order valence-electron chi connectivity index (χ0n) is 14.7. The lowest BCUT2D eigenvalue weighted by atomic mass is 9.97. The maximum absolute atomic E-state index is 11.9. The fraction of sp³-hybridized carbons (Fsp3) is 0.389. The Bertz CT molecular complexity index is 943. The number of hydrogen-bond donors (Lipinski definition) is 1. The molecule has 1 aliphatic rings. The number of aromatic nitrogens is 2. The number of benzene rings is 1. The molecular formula is C18H21N3O4S. The number of carboxylic acid groups (broad SMARTS) is 1. The minimum atomic E-state index is -3.26. The van der Waals surface area contributed by atoms with Crippen LogP contribution in [0.4, 0.5) is 0 Å². The molecule has 3 rings (SSSR count). The summed E-state index contributed by atoms with van der Waals surface area (Å²) in [6.45, 7) is 2.69. The smallest absolute Gasteiger partial charge is 0.336 e. The van der Waals surface area contributed by atoms with Crippen molar-refractivity contribution in [3.63, 3.8) is 0 Å². The van der Waals surface area contributed by atoms with Crippen LogP contribution < -0.4 is 0 Å². The van der Waals surface area contributed by atoms with Gasteiger partial charge in [-0.2, -0.15) is 0 Å². The highest BCUT2D eigenvalue weighted by Crippen LogP contribution is 2.29. The monoisotopic (exact) mass is 375 g/mol. The fourth-order valence-electron chi connectivity index (χ4n) is 3.26. The first-order chi connectivity index (χ1) is 12.3. The molecule has 0 unspecified atom stereocenters. The van der Waals surface area contributed by atoms with Crippen LogP contribution in [0.1, 0.15) is 40.6 Å². The van der Waals surface area contributed by atoms with Crippen molar-refractivity contribution in [1.82, 2.24) is 14.3 Å². The molecule has 0 bridgehead atoms. The Morgan fingerprint density at radius 1 is 1.27 bits per heavy atom. The minimum Gasteiger partial charge on any atom is -0.478 e. The van der Waals surface area contributed by atoms with E-state index >= 15 is 0 Å². The van der Waals surface area contributed by atoms with E-state index in [0.29, 0.717) is 30.2 Å². The van der Waals surface area contributed by atoms with Crippen molar-refractivity contribution in [1.29, 1.82) is 0 Å². The molecule has 1 fully saturated rings. The van der Waals surface area contributed by atoms with Gasteiger partial charge in [0.2, 0.25) is 10.0 Å². The van der Waals surface area contributed by atoms with Crippen molar-refractivity contribution in [2.24, 2.45) is 0 Å². The summed E-state index contributed by atoms with van der Waals surface area (Å²) in [5.41, 5.74) is 1.98. The Hall–Kier alpha value is -2.32. The van der Waals surface area contributed by atoms with Crippen LogP contribution in [0.15, 0.2) is 30.3 Å². The van der Waals surface area contributed by atoms with Gasteiger partial charge in [0, 0.05) is 30.3 Å². The third-order valence-electron chi connectivity index (χ3n) is 4.52. The molecule has 7 nitrogen and oxygen atoms in total. The standard InChI is InChI=1S/C18H21N3O4S/c1-12-10-16(14-7-3-4-8-15(14)18(22)23)20-17(19-12)13-6-5-9-21(11-13)26(2,24)25/h3-4,7-8,10,13H,5-6,9,11H2,1-2H3,(H,22,23)/t13-/m0/s1. The topological polar surface area (TPSA) is 100 Å². The van der Waals surface area contributed by atoms with E-state index in [1.807, 2.05) is 6.92 Å². The van der Waals surface area contributed by atoms with Gasteiger partial charge in [-0.05, 0) is 31.9 Å². The molecule has 0 amide bonds. The van der Waals surface area contributed by atoms with Gasteiger partial charge in [-0.1, -0.05) is 18.2 Å². The number of aromatic carboxylic acids is 1. The van der Waals surface area contributed by atoms with Crippen LogP contribution in [0.2, 0.25) is 0 Å². The SMILES string of the molecule is Cc1cc(-c2ccccc2C(=O)O)nc([C@H]2CCCN(S(C)(=O)=O)C2)n1. The summed E-state index contributed by atoms with van der Waals surface area (Å²) in [7, 11) is -3.26. The highest BCUT2D eigenvalue weighted by molar-refractivity contribution is 7.88. The van der Waals surface area contributed by atoms with E-state index in [-0.39, 0.29) is 11.5 Å². The normalized spacial score (nSPS) is 18.6. The largest absolute Gasteiger partial charge is 0.478 e. The molecule has 138 valence electrons. The zero-order chi connectivity index (χ0) is 18.9. The van der Waals surface area contributed by atoms with Crippen LogP contribution in [0.3, 0.4) is 0 Å². The highest BCUT2D eigenvalue weighted by atomic mass is 32.2. The molecule has 2 heterocycles. The summed E-state index contributed by atoms with van der Waals surface area (Å²) in [5, 5.41) is 9.42. The van der Waals surface area contributed by atoms with Crippen LogP contribution in [0.5, 0.6) is 0 Å². The quantitative estimate of drug-likeness (QED) is 0.880. The van der Waals surface area contributed by atoms with Gasteiger partial charge in [-0.15, -0.1) is 0 Å². The van der Waals surface area contributed by atoms with Gasteiger partial charge in [0.25, 0.3) is 0 Å². The summed E-state index contributed by atoms with van der Waals surface area (Å²) in [6, 6.07) is 8.46. The molecule has 0 aliphatic carbocycles. The molecule has 1 N–H and O–H groups in total. The molecular weight excluding hydrogens is 354 g/mol. The number of aryl methyl sites for hydroxylation is 1. The lowest BCUT2D eigenvalue weighted by Crippen LogP contribution is -2.38. The Morgan fingerprint density at radius 3 is 2.69 bits per heavy atom. The van der Waals surface area contributed by atoms with Crippen molar-refractivity contribution in [2.45, 2.75) is 25.7 Å². The maximum atomic E-state index is 11.9. The van der Waals surface area contributed by atoms with Crippen LogP contribution >= 0.6 is 0 Å². The molecule has 1 aromatic carbocycles. The van der Waals surface area contributed by atoms with Gasteiger partial charge < -0.3 is 5.11 Å². The van der Waals surface area contributed by atoms with Crippen LogP contribution in [0.25, 0.3) is 11.3 Å². The van der Waals surface area contributed by atoms with Crippen molar-refractivity contribution in [3.05, 3.63) is 47.4 Å². The second kappa shape index (κ2) is 7.13. The molecule has 0 radical (unpaired) electrons. The van der Waals surface area contributed by atoms with Gasteiger partial charge in [-0.25, -0.2) is 27.5 Å². The number of carboxylic acids is 1. The molecule has 1 atom stereocenters. The van der Waals surface area contributed by atoms with Crippen LogP contribution in [-0.4, -0.2) is 53.1 Å². The molecule has 8 heteroatoms. The molecule has 0 saturated carbocycles. The lowest BCUT2D eigenvalue weighted by molar-refractivity contribution is 0.0697. The summed E-state index contributed by atoms with van der Waals surface area (Å²) in [4.78, 5) is 20.6. The average molecular weight is 375 g/mol. The number of piperidine rings is 1. The van der Waals surface area contributed by atoms with E-state index in [1.165, 1.54) is 10.6 Å². The van der Waals surface area contributed by atoms with E-state index in [1.54, 1.807) is 30.3 Å². The van der Waals surface area contributed by atoms with Gasteiger partial charge in [0.05, 0.1) is 17.5 Å². The van der Waals surface area contributed by atoms with Crippen molar-refractivity contribution in [2.75, 3.05) is 19.3 Å². The van der Waals surface area contributed by atoms with E-state index in [2.05, 4.69) is 9.97 Å². The van der Waals surface area contributed by atoms with Crippen molar-refractivity contribution >= 4 is 16.0 Å². The lowest BCUT2D eigenvalue weighted by Gasteiger charge is -2.30. The first-order valence-corrected chi connectivity index (χ1v) is 10.2. The fourth-order valence-corrected chi connectivity index (χ4v) is 4.17. The highest BCUT2D eigenvalue weighted by Gasteiger charge is 2.29. The van der Waals surface area contributed by atoms with Gasteiger partial charge in [0.1, 0.15) is 5.82 Å². The van der Waals surface area contributed by atoms with Crippen molar-refractivity contribution < 1.29 is 18.3 Å². The van der Waals surface area contributed by atoms with Crippen molar-refractivity contribution in [3.8, 4) is 11.3 Å². The maximum Gasteiger partial charge on any atom is 0.336 e. The first-order valence-electron chi connectivity index (χ1n) is 8.39. The summed E-state index contributed by atoms with van der Waals surface area (Å²) in [6.07, 6.45) is 2.76. The summed E-state index contributed by atoms with van der Waals surface area (Å²) in [5.74, 6) is -0.554. The van der Waals surface area contributed by atoms with Gasteiger partial charge >= 0.3 is 5.97 Å². The third kappa shape index (κ3) is 3.91. The number of rotatable bonds is 4. The van der Waals surface area contributed by atoms with Gasteiger partial charge in [0.15, 0.2) is 0 Å². The predicted molar refractivity (Wildman–Crippen MR) is 97.6 cm³/mol. The van der Waals surface area contributed by atoms with E-state index in [4.69, 9.17) is 0 Å². The van der Waals surface area contributed by atoms with E-state index in [9.17, 15) is 18.3 Å². The second-order valence-corrected chi connectivity index (χ2v) is 8.55. The van der Waals surface area contributed by atoms with Crippen LogP contribution in [0, 0.1) is 6.92 Å². The second-order valence-electron chi connectivity index (χ2n) is 6.56. The average Bonchev–Trinajstić information content (AvgIpc) is 2.60. The Balaban J connectivity index is 2.00. The molecule has 1 aliphatic heterocycles. The molecule has 1 saturated heterocycles. The Morgan fingerprint density at radius 2 is 2.00 bits per heavy atom. The zero-order valence-corrected chi connectivity index (χ0v) is 15.5. The third-order valence-corrected chi connectivity index (χ3v) is 5.79. The summed E-state index contributed by atoms with van der Waals surface area (Å²) < 4.78 is 25.2. The Labute approximate surface area is 152 Å². The molecule has 1 aromatic heterocycles. The number of hydrogen-bond acceptors (Lipinski definition) is 5. The number of sulfonamides is 1. The summed E-state index contributed by atoms with van der Waals surface area (Å²) >= 11 is 0. The van der Waals surface area contributed by atoms with E-state index in [0.717, 1.165) is 18.5 Å². The number of carbonyl (C=O) groups is 1. The first kappa shape index (κ1) is 18.5. The Kier molecular flexibility index (Phi) is 5.06. The van der Waals surface area contributed by atoms with Gasteiger partial charge in [-0.3, -0.25) is 0 Å². The van der Waals surface area contributed by atoms with Crippen LogP contribution in [-0.2, 0) is 10.0 Å². The number of nitrogens with zero attached hydrogens (tertiary/aromatic N) is 3. The minimum absolute atomic E-state index is 0.103. The molecule has 0 spiro atoms. The predicted octanol–water partition coefficient (Wildman–Crippen LogP) is 2.29. The molecule has 2 aromatic rings. The molecule has 26 heavy (non-hydrogen) atoms.